The molecule has 0 saturated carbocycles. The Labute approximate surface area is 136 Å². The van der Waals surface area contributed by atoms with Crippen LogP contribution in [0, 0.1) is 5.92 Å². The Morgan fingerprint density at radius 2 is 1.83 bits per heavy atom. The van der Waals surface area contributed by atoms with Crippen LogP contribution >= 0.6 is 0 Å². The second-order valence-electron chi connectivity index (χ2n) is 5.48. The fourth-order valence-electron chi connectivity index (χ4n) is 2.22. The van der Waals surface area contributed by atoms with Gasteiger partial charge in [-0.3, -0.25) is 0 Å². The van der Waals surface area contributed by atoms with Crippen molar-refractivity contribution in [2.75, 3.05) is 6.54 Å². The molecule has 0 aliphatic heterocycles. The summed E-state index contributed by atoms with van der Waals surface area (Å²) < 4.78 is 27.1. The highest BCUT2D eigenvalue weighted by atomic mass is 32.2. The van der Waals surface area contributed by atoms with Crippen molar-refractivity contribution in [1.82, 2.24) is 4.72 Å². The van der Waals surface area contributed by atoms with E-state index in [1.165, 1.54) is 18.2 Å². The quantitative estimate of drug-likeness (QED) is 0.815. The molecular formula is C17H19NO4S. The lowest BCUT2D eigenvalue weighted by Gasteiger charge is -2.13. The predicted molar refractivity (Wildman–Crippen MR) is 87.9 cm³/mol. The fourth-order valence-corrected chi connectivity index (χ4v) is 3.43. The summed E-state index contributed by atoms with van der Waals surface area (Å²) in [6.07, 6.45) is 0.762. The van der Waals surface area contributed by atoms with E-state index in [0.29, 0.717) is 0 Å². The summed E-state index contributed by atoms with van der Waals surface area (Å²) in [6.45, 7) is 2.25. The van der Waals surface area contributed by atoms with Crippen molar-refractivity contribution in [3.05, 3.63) is 65.7 Å². The molecule has 2 rings (SSSR count). The molecule has 2 N–H and O–H groups in total. The normalized spacial score (nSPS) is 12.7. The first-order chi connectivity index (χ1) is 10.9. The maximum absolute atomic E-state index is 12.3. The summed E-state index contributed by atoms with van der Waals surface area (Å²) in [5.74, 6) is -1.03. The summed E-state index contributed by atoms with van der Waals surface area (Å²) in [4.78, 5) is 10.9. The van der Waals surface area contributed by atoms with Gasteiger partial charge in [-0.15, -0.1) is 0 Å². The van der Waals surface area contributed by atoms with Crippen LogP contribution in [-0.4, -0.2) is 26.0 Å². The largest absolute Gasteiger partial charge is 0.478 e. The van der Waals surface area contributed by atoms with Crippen molar-refractivity contribution in [1.29, 1.82) is 0 Å². The smallest absolute Gasteiger partial charge is 0.335 e. The molecule has 0 aliphatic carbocycles. The van der Waals surface area contributed by atoms with Gasteiger partial charge in [0.05, 0.1) is 10.5 Å². The topological polar surface area (TPSA) is 83.5 Å². The van der Waals surface area contributed by atoms with Gasteiger partial charge < -0.3 is 5.11 Å². The van der Waals surface area contributed by atoms with E-state index >= 15 is 0 Å². The van der Waals surface area contributed by atoms with Crippen LogP contribution in [0.4, 0.5) is 0 Å². The number of hydrogen-bond acceptors (Lipinski definition) is 3. The van der Waals surface area contributed by atoms with Crippen molar-refractivity contribution in [2.45, 2.75) is 18.2 Å². The number of benzene rings is 2. The minimum atomic E-state index is -3.72. The van der Waals surface area contributed by atoms with E-state index < -0.39 is 16.0 Å². The van der Waals surface area contributed by atoms with Crippen molar-refractivity contribution in [3.63, 3.8) is 0 Å². The number of aromatic carboxylic acids is 1. The van der Waals surface area contributed by atoms with E-state index in [9.17, 15) is 13.2 Å². The van der Waals surface area contributed by atoms with Gasteiger partial charge in [0.15, 0.2) is 0 Å². The van der Waals surface area contributed by atoms with Gasteiger partial charge in [0.25, 0.3) is 0 Å². The standard InChI is InChI=1S/C17H19NO4S/c1-13(10-14-6-3-2-4-7-14)12-18-23(21,22)16-9-5-8-15(11-16)17(19)20/h2-9,11,13,18H,10,12H2,1H3,(H,19,20). The number of carboxylic acid groups (broad SMARTS) is 1. The van der Waals surface area contributed by atoms with Crippen LogP contribution < -0.4 is 4.72 Å². The van der Waals surface area contributed by atoms with Crippen LogP contribution in [0.2, 0.25) is 0 Å². The van der Waals surface area contributed by atoms with E-state index in [4.69, 9.17) is 5.11 Å². The minimum absolute atomic E-state index is 0.0377. The molecule has 0 amide bonds. The van der Waals surface area contributed by atoms with Crippen LogP contribution in [0.25, 0.3) is 0 Å². The summed E-state index contributed by atoms with van der Waals surface area (Å²) in [6, 6.07) is 15.2. The van der Waals surface area contributed by atoms with Crippen molar-refractivity contribution >= 4 is 16.0 Å². The Morgan fingerprint density at radius 3 is 2.48 bits per heavy atom. The first kappa shape index (κ1) is 17.2. The van der Waals surface area contributed by atoms with Crippen molar-refractivity contribution in [2.24, 2.45) is 5.92 Å². The van der Waals surface area contributed by atoms with Gasteiger partial charge in [0.1, 0.15) is 0 Å². The van der Waals surface area contributed by atoms with Gasteiger partial charge in [0.2, 0.25) is 10.0 Å². The van der Waals surface area contributed by atoms with Crippen molar-refractivity contribution < 1.29 is 18.3 Å². The van der Waals surface area contributed by atoms with Gasteiger partial charge in [-0.1, -0.05) is 43.3 Å². The molecule has 0 aliphatic rings. The van der Waals surface area contributed by atoms with Crippen LogP contribution in [0.1, 0.15) is 22.8 Å². The Hall–Kier alpha value is -2.18. The van der Waals surface area contributed by atoms with Gasteiger partial charge in [-0.2, -0.15) is 0 Å². The van der Waals surface area contributed by atoms with Crippen LogP contribution in [-0.2, 0) is 16.4 Å². The summed E-state index contributed by atoms with van der Waals surface area (Å²) in [5.41, 5.74) is 1.09. The first-order valence-electron chi connectivity index (χ1n) is 7.25. The molecule has 5 nitrogen and oxygen atoms in total. The fraction of sp³-hybridized carbons (Fsp3) is 0.235. The second-order valence-corrected chi connectivity index (χ2v) is 7.25. The van der Waals surface area contributed by atoms with Gasteiger partial charge in [-0.05, 0) is 36.1 Å². The van der Waals surface area contributed by atoms with E-state index in [0.717, 1.165) is 18.1 Å². The van der Waals surface area contributed by atoms with E-state index in [1.807, 2.05) is 37.3 Å². The van der Waals surface area contributed by atoms with E-state index in [-0.39, 0.29) is 22.9 Å². The van der Waals surface area contributed by atoms with Crippen LogP contribution in [0.5, 0.6) is 0 Å². The monoisotopic (exact) mass is 333 g/mol. The molecule has 1 unspecified atom stereocenters. The lowest BCUT2D eigenvalue weighted by atomic mass is 10.0. The Kier molecular flexibility index (Phi) is 5.52. The Bertz CT molecular complexity index is 772. The highest BCUT2D eigenvalue weighted by molar-refractivity contribution is 7.89. The molecule has 0 radical (unpaired) electrons. The summed E-state index contributed by atoms with van der Waals surface area (Å²) in [5, 5.41) is 8.94. The molecule has 6 heteroatoms. The number of rotatable bonds is 7. The third kappa shape index (κ3) is 4.91. The minimum Gasteiger partial charge on any atom is -0.478 e. The number of sulfonamides is 1. The third-order valence-electron chi connectivity index (χ3n) is 3.44. The maximum Gasteiger partial charge on any atom is 0.335 e. The highest BCUT2D eigenvalue weighted by Gasteiger charge is 2.17. The van der Waals surface area contributed by atoms with Crippen molar-refractivity contribution in [3.8, 4) is 0 Å². The number of carboxylic acids is 1. The SMILES string of the molecule is CC(CNS(=O)(=O)c1cccc(C(=O)O)c1)Cc1ccccc1. The van der Waals surface area contributed by atoms with Gasteiger partial charge >= 0.3 is 5.97 Å². The zero-order valence-electron chi connectivity index (χ0n) is 12.8. The Balaban J connectivity index is 2.01. The molecule has 0 saturated heterocycles. The molecule has 0 heterocycles. The molecule has 23 heavy (non-hydrogen) atoms. The number of carbonyl (C=O) groups is 1. The molecule has 2 aromatic rings. The molecule has 2 aromatic carbocycles. The summed E-state index contributed by atoms with van der Waals surface area (Å²) in [7, 11) is -3.72. The number of nitrogens with one attached hydrogen (secondary N) is 1. The first-order valence-corrected chi connectivity index (χ1v) is 8.74. The van der Waals surface area contributed by atoms with Crippen LogP contribution in [0.3, 0.4) is 0 Å². The molecule has 0 bridgehead atoms. The highest BCUT2D eigenvalue weighted by Crippen LogP contribution is 2.13. The molecule has 1 atom stereocenters. The second kappa shape index (κ2) is 7.39. The van der Waals surface area contributed by atoms with Crippen LogP contribution in [0.15, 0.2) is 59.5 Å². The average molecular weight is 333 g/mol. The lowest BCUT2D eigenvalue weighted by Crippen LogP contribution is -2.29. The molecule has 0 spiro atoms. The van der Waals surface area contributed by atoms with Gasteiger partial charge in [0, 0.05) is 6.54 Å². The van der Waals surface area contributed by atoms with Gasteiger partial charge in [-0.25, -0.2) is 17.9 Å². The third-order valence-corrected chi connectivity index (χ3v) is 4.86. The van der Waals surface area contributed by atoms with E-state index in [1.54, 1.807) is 0 Å². The lowest BCUT2D eigenvalue weighted by molar-refractivity contribution is 0.0696. The molecule has 0 aromatic heterocycles. The molecular weight excluding hydrogens is 314 g/mol. The molecule has 122 valence electrons. The molecule has 0 fully saturated rings. The summed E-state index contributed by atoms with van der Waals surface area (Å²) >= 11 is 0. The number of hydrogen-bond donors (Lipinski definition) is 2. The van der Waals surface area contributed by atoms with E-state index in [2.05, 4.69) is 4.72 Å². The predicted octanol–water partition coefficient (Wildman–Crippen LogP) is 2.54. The average Bonchev–Trinajstić information content (AvgIpc) is 2.54. The Morgan fingerprint density at radius 1 is 1.13 bits per heavy atom. The maximum atomic E-state index is 12.3. The zero-order valence-corrected chi connectivity index (χ0v) is 13.6. The zero-order chi connectivity index (χ0) is 16.9.